The van der Waals surface area contributed by atoms with Crippen molar-refractivity contribution in [2.24, 2.45) is 10.9 Å². The highest BCUT2D eigenvalue weighted by Crippen LogP contribution is 2.15. The quantitative estimate of drug-likeness (QED) is 0.321. The van der Waals surface area contributed by atoms with Crippen molar-refractivity contribution in [3.8, 4) is 5.75 Å². The van der Waals surface area contributed by atoms with Gasteiger partial charge in [-0.3, -0.25) is 4.98 Å². The van der Waals surface area contributed by atoms with Crippen LogP contribution < -0.4 is 10.5 Å². The molecule has 6 heteroatoms. The van der Waals surface area contributed by atoms with Crippen molar-refractivity contribution < 1.29 is 9.94 Å². The molecule has 1 heterocycles. The molecule has 3 N–H and O–H groups in total. The van der Waals surface area contributed by atoms with Crippen LogP contribution in [-0.4, -0.2) is 48.2 Å². The lowest BCUT2D eigenvalue weighted by Gasteiger charge is -2.12. The molecule has 0 amide bonds. The smallest absolute Gasteiger partial charge is 0.173 e. The van der Waals surface area contributed by atoms with Gasteiger partial charge in [0.15, 0.2) is 5.84 Å². The number of amidine groups is 1. The monoisotopic (exact) mass is 224 g/mol. The molecular formula is C10H16N4O2. The van der Waals surface area contributed by atoms with Gasteiger partial charge in [0.05, 0.1) is 11.8 Å². The maximum Gasteiger partial charge on any atom is 0.173 e. The Bertz CT molecular complexity index is 366. The number of aromatic nitrogens is 1. The third-order valence-electron chi connectivity index (χ3n) is 1.96. The van der Waals surface area contributed by atoms with Gasteiger partial charge < -0.3 is 20.6 Å². The third-order valence-corrected chi connectivity index (χ3v) is 1.96. The van der Waals surface area contributed by atoms with Crippen molar-refractivity contribution >= 4 is 5.84 Å². The van der Waals surface area contributed by atoms with Gasteiger partial charge in [0.2, 0.25) is 0 Å². The van der Waals surface area contributed by atoms with Gasteiger partial charge in [-0.1, -0.05) is 5.16 Å². The fraction of sp³-hybridized carbons (Fsp3) is 0.400. The minimum Gasteiger partial charge on any atom is -0.490 e. The van der Waals surface area contributed by atoms with Crippen LogP contribution in [0.4, 0.5) is 0 Å². The minimum atomic E-state index is 0.0160. The zero-order chi connectivity index (χ0) is 12.0. The normalized spacial score (nSPS) is 11.8. The number of pyridine rings is 1. The number of oxime groups is 1. The maximum absolute atomic E-state index is 8.61. The van der Waals surface area contributed by atoms with Gasteiger partial charge in [-0.05, 0) is 20.2 Å². The number of ether oxygens (including phenoxy) is 1. The second-order valence-corrected chi connectivity index (χ2v) is 3.51. The number of hydrogen-bond donors (Lipinski definition) is 2. The molecule has 6 nitrogen and oxygen atoms in total. The average molecular weight is 224 g/mol. The van der Waals surface area contributed by atoms with E-state index in [2.05, 4.69) is 10.1 Å². The summed E-state index contributed by atoms with van der Waals surface area (Å²) in [6, 6.07) is 1.64. The van der Waals surface area contributed by atoms with Gasteiger partial charge in [0.25, 0.3) is 0 Å². The molecule has 0 aromatic carbocycles. The second-order valence-electron chi connectivity index (χ2n) is 3.51. The van der Waals surface area contributed by atoms with E-state index in [0.29, 0.717) is 17.9 Å². The van der Waals surface area contributed by atoms with Crippen LogP contribution in [0.1, 0.15) is 5.56 Å². The van der Waals surface area contributed by atoms with E-state index < -0.39 is 0 Å². The number of nitrogens with two attached hydrogens (primary N) is 1. The highest BCUT2D eigenvalue weighted by molar-refractivity contribution is 5.99. The zero-order valence-corrected chi connectivity index (χ0v) is 9.42. The molecule has 1 aromatic rings. The molecule has 0 saturated carbocycles. The molecule has 1 aromatic heterocycles. The van der Waals surface area contributed by atoms with Crippen molar-refractivity contribution in [2.45, 2.75) is 0 Å². The van der Waals surface area contributed by atoms with Crippen LogP contribution in [0.25, 0.3) is 0 Å². The molecule has 0 fully saturated rings. The summed E-state index contributed by atoms with van der Waals surface area (Å²) in [5, 5.41) is 11.5. The second kappa shape index (κ2) is 5.92. The van der Waals surface area contributed by atoms with Gasteiger partial charge >= 0.3 is 0 Å². The Morgan fingerprint density at radius 1 is 1.62 bits per heavy atom. The largest absolute Gasteiger partial charge is 0.490 e. The van der Waals surface area contributed by atoms with E-state index in [1.165, 1.54) is 0 Å². The molecule has 0 aliphatic heterocycles. The predicted molar refractivity (Wildman–Crippen MR) is 60.8 cm³/mol. The van der Waals surface area contributed by atoms with E-state index in [1.54, 1.807) is 18.5 Å². The van der Waals surface area contributed by atoms with Crippen LogP contribution in [0.5, 0.6) is 5.75 Å². The van der Waals surface area contributed by atoms with Crippen LogP contribution in [0.2, 0.25) is 0 Å². The first kappa shape index (κ1) is 12.3. The molecular weight excluding hydrogens is 208 g/mol. The van der Waals surface area contributed by atoms with E-state index in [4.69, 9.17) is 15.7 Å². The van der Waals surface area contributed by atoms with Crippen LogP contribution in [-0.2, 0) is 0 Å². The summed E-state index contributed by atoms with van der Waals surface area (Å²) < 4.78 is 5.49. The molecule has 88 valence electrons. The van der Waals surface area contributed by atoms with E-state index in [0.717, 1.165) is 6.54 Å². The summed E-state index contributed by atoms with van der Waals surface area (Å²) in [6.45, 7) is 1.30. The fourth-order valence-corrected chi connectivity index (χ4v) is 1.10. The molecule has 0 aliphatic rings. The Labute approximate surface area is 94.3 Å². The Kier molecular flexibility index (Phi) is 4.53. The zero-order valence-electron chi connectivity index (χ0n) is 9.42. The Morgan fingerprint density at radius 3 is 3.00 bits per heavy atom. The number of rotatable bonds is 5. The number of nitrogens with zero attached hydrogens (tertiary/aromatic N) is 3. The first-order valence-corrected chi connectivity index (χ1v) is 4.84. The Morgan fingerprint density at radius 2 is 2.38 bits per heavy atom. The van der Waals surface area contributed by atoms with Crippen molar-refractivity contribution in [1.82, 2.24) is 9.88 Å². The van der Waals surface area contributed by atoms with Gasteiger partial charge in [-0.15, -0.1) is 0 Å². The molecule has 0 saturated heterocycles. The highest BCUT2D eigenvalue weighted by atomic mass is 16.5. The van der Waals surface area contributed by atoms with Gasteiger partial charge in [0, 0.05) is 12.7 Å². The summed E-state index contributed by atoms with van der Waals surface area (Å²) in [5.74, 6) is 0.530. The van der Waals surface area contributed by atoms with Crippen LogP contribution in [0, 0.1) is 0 Å². The van der Waals surface area contributed by atoms with Crippen LogP contribution in [0.15, 0.2) is 23.6 Å². The van der Waals surface area contributed by atoms with Crippen LogP contribution in [0.3, 0.4) is 0 Å². The minimum absolute atomic E-state index is 0.0160. The molecule has 1 rings (SSSR count). The maximum atomic E-state index is 8.61. The summed E-state index contributed by atoms with van der Waals surface area (Å²) in [6.07, 6.45) is 3.11. The topological polar surface area (TPSA) is 84.0 Å². The van der Waals surface area contributed by atoms with Crippen molar-refractivity contribution in [1.29, 1.82) is 0 Å². The number of hydrogen-bond acceptors (Lipinski definition) is 5. The van der Waals surface area contributed by atoms with E-state index in [9.17, 15) is 0 Å². The Balaban J connectivity index is 2.72. The number of likely N-dealkylation sites (N-methyl/N-ethyl adjacent to an activating group) is 1. The van der Waals surface area contributed by atoms with Gasteiger partial charge in [-0.25, -0.2) is 0 Å². The van der Waals surface area contributed by atoms with Crippen LogP contribution >= 0.6 is 0 Å². The summed E-state index contributed by atoms with van der Waals surface area (Å²) in [7, 11) is 3.91. The van der Waals surface area contributed by atoms with E-state index in [1.807, 2.05) is 19.0 Å². The molecule has 0 spiro atoms. The summed E-state index contributed by atoms with van der Waals surface area (Å²) in [5.41, 5.74) is 6.05. The van der Waals surface area contributed by atoms with E-state index in [-0.39, 0.29) is 5.84 Å². The molecule has 16 heavy (non-hydrogen) atoms. The third kappa shape index (κ3) is 3.39. The highest BCUT2D eigenvalue weighted by Gasteiger charge is 2.07. The van der Waals surface area contributed by atoms with Gasteiger partial charge in [-0.2, -0.15) is 0 Å². The SMILES string of the molecule is CN(C)CCOc1cnccc1/C(N)=N/O. The predicted octanol–water partition coefficient (Wildman–Crippen LogP) is 0.116. The van der Waals surface area contributed by atoms with E-state index >= 15 is 0 Å². The first-order valence-electron chi connectivity index (χ1n) is 4.84. The first-order chi connectivity index (χ1) is 7.65. The fourth-order valence-electron chi connectivity index (χ4n) is 1.10. The average Bonchev–Trinajstić information content (AvgIpc) is 2.28. The molecule has 0 aliphatic carbocycles. The van der Waals surface area contributed by atoms with Crippen molar-refractivity contribution in [3.63, 3.8) is 0 Å². The lowest BCUT2D eigenvalue weighted by Crippen LogP contribution is -2.21. The summed E-state index contributed by atoms with van der Waals surface area (Å²) >= 11 is 0. The lowest BCUT2D eigenvalue weighted by molar-refractivity contribution is 0.260. The summed E-state index contributed by atoms with van der Waals surface area (Å²) in [4.78, 5) is 5.93. The molecule has 0 atom stereocenters. The molecule has 0 radical (unpaired) electrons. The molecule has 0 unspecified atom stereocenters. The van der Waals surface area contributed by atoms with Crippen molar-refractivity contribution in [2.75, 3.05) is 27.2 Å². The lowest BCUT2D eigenvalue weighted by atomic mass is 10.2. The van der Waals surface area contributed by atoms with Gasteiger partial charge in [0.1, 0.15) is 12.4 Å². The van der Waals surface area contributed by atoms with Crippen molar-refractivity contribution in [3.05, 3.63) is 24.0 Å². The standard InChI is InChI=1S/C10H16N4O2/c1-14(2)5-6-16-9-7-12-4-3-8(9)10(11)13-15/h3-4,7,15H,5-6H2,1-2H3,(H2,11,13). The molecule has 0 bridgehead atoms. The Hall–Kier alpha value is -1.82.